The molecule has 1 atom stereocenters. The molecule has 3 nitrogen and oxygen atoms in total. The van der Waals surface area contributed by atoms with Crippen molar-refractivity contribution in [1.82, 2.24) is 15.1 Å². The maximum absolute atomic E-state index is 13.8. The Labute approximate surface area is 112 Å². The summed E-state index contributed by atoms with van der Waals surface area (Å²) in [5.74, 6) is -0.191. The van der Waals surface area contributed by atoms with Crippen LogP contribution in [0.1, 0.15) is 18.5 Å². The van der Waals surface area contributed by atoms with Crippen molar-refractivity contribution in [3.8, 4) is 11.1 Å². The van der Waals surface area contributed by atoms with Gasteiger partial charge in [0.05, 0.1) is 12.7 Å². The lowest BCUT2D eigenvalue weighted by atomic mass is 10.1. The van der Waals surface area contributed by atoms with E-state index >= 15 is 0 Å². The van der Waals surface area contributed by atoms with Crippen LogP contribution < -0.4 is 5.32 Å². The second kappa shape index (κ2) is 5.13. The second-order valence-corrected chi connectivity index (χ2v) is 5.10. The predicted molar refractivity (Wildman–Crippen MR) is 73.4 cm³/mol. The Hall–Kier alpha value is -1.68. The highest BCUT2D eigenvalue weighted by molar-refractivity contribution is 5.65. The van der Waals surface area contributed by atoms with Crippen molar-refractivity contribution in [2.45, 2.75) is 32.4 Å². The minimum Gasteiger partial charge on any atom is -0.312 e. The number of rotatable bonds is 3. The monoisotopic (exact) mass is 259 g/mol. The van der Waals surface area contributed by atoms with Gasteiger partial charge in [-0.2, -0.15) is 5.10 Å². The predicted octanol–water partition coefficient (Wildman–Crippen LogP) is 2.75. The Morgan fingerprint density at radius 2 is 2.21 bits per heavy atom. The van der Waals surface area contributed by atoms with Crippen molar-refractivity contribution in [2.24, 2.45) is 0 Å². The van der Waals surface area contributed by atoms with Crippen LogP contribution in [0.25, 0.3) is 11.1 Å². The van der Waals surface area contributed by atoms with Gasteiger partial charge in [0, 0.05) is 22.9 Å². The number of hydrogen-bond acceptors (Lipinski definition) is 2. The summed E-state index contributed by atoms with van der Waals surface area (Å²) in [6.07, 6.45) is 4.18. The van der Waals surface area contributed by atoms with Crippen LogP contribution in [0.3, 0.4) is 0 Å². The highest BCUT2D eigenvalue weighted by Gasteiger charge is 2.18. The minimum atomic E-state index is -0.191. The fourth-order valence-electron chi connectivity index (χ4n) is 2.70. The van der Waals surface area contributed by atoms with Crippen LogP contribution in [0.4, 0.5) is 4.39 Å². The first-order chi connectivity index (χ1) is 9.25. The fourth-order valence-corrected chi connectivity index (χ4v) is 2.70. The van der Waals surface area contributed by atoms with E-state index in [1.54, 1.807) is 18.3 Å². The van der Waals surface area contributed by atoms with Gasteiger partial charge in [-0.05, 0) is 32.4 Å². The van der Waals surface area contributed by atoms with Crippen LogP contribution in [0.5, 0.6) is 0 Å². The molecule has 0 amide bonds. The molecular weight excluding hydrogens is 241 g/mol. The maximum Gasteiger partial charge on any atom is 0.131 e. The Morgan fingerprint density at radius 1 is 1.37 bits per heavy atom. The first kappa shape index (κ1) is 12.4. The van der Waals surface area contributed by atoms with E-state index in [9.17, 15) is 4.39 Å². The van der Waals surface area contributed by atoms with Gasteiger partial charge in [-0.1, -0.05) is 18.2 Å². The Balaban J connectivity index is 1.88. The van der Waals surface area contributed by atoms with Crippen LogP contribution in [0.15, 0.2) is 30.5 Å². The Morgan fingerprint density at radius 3 is 2.95 bits per heavy atom. The summed E-state index contributed by atoms with van der Waals surface area (Å²) < 4.78 is 15.8. The normalized spacial score (nSPS) is 18.9. The summed E-state index contributed by atoms with van der Waals surface area (Å²) in [6, 6.07) is 7.35. The summed E-state index contributed by atoms with van der Waals surface area (Å²) in [5, 5.41) is 7.86. The molecule has 0 radical (unpaired) electrons. The Bertz CT molecular complexity index is 571. The molecule has 0 spiro atoms. The van der Waals surface area contributed by atoms with Crippen molar-refractivity contribution in [3.63, 3.8) is 0 Å². The molecule has 1 fully saturated rings. The van der Waals surface area contributed by atoms with Crippen LogP contribution in [-0.4, -0.2) is 22.4 Å². The van der Waals surface area contributed by atoms with E-state index in [4.69, 9.17) is 0 Å². The third-order valence-electron chi connectivity index (χ3n) is 3.82. The number of nitrogens with one attached hydrogen (secondary N) is 1. The molecule has 0 bridgehead atoms. The van der Waals surface area contributed by atoms with Crippen molar-refractivity contribution >= 4 is 0 Å². The number of nitrogens with zero attached hydrogens (tertiary/aromatic N) is 2. The molecule has 1 N–H and O–H groups in total. The molecule has 3 rings (SSSR count). The maximum atomic E-state index is 13.8. The SMILES string of the molecule is Cc1c(-c2ccccc2F)cnn1CC1CCCN1. The van der Waals surface area contributed by atoms with E-state index in [2.05, 4.69) is 10.4 Å². The number of aromatic nitrogens is 2. The van der Waals surface area contributed by atoms with E-state index in [1.165, 1.54) is 18.9 Å². The molecule has 1 aromatic heterocycles. The molecule has 1 aromatic carbocycles. The van der Waals surface area contributed by atoms with Gasteiger partial charge in [-0.25, -0.2) is 4.39 Å². The molecule has 2 heterocycles. The first-order valence-electron chi connectivity index (χ1n) is 6.76. The molecule has 2 aromatic rings. The van der Waals surface area contributed by atoms with Crippen LogP contribution in [0.2, 0.25) is 0 Å². The average Bonchev–Trinajstić information content (AvgIpc) is 3.03. The van der Waals surface area contributed by atoms with Crippen LogP contribution >= 0.6 is 0 Å². The van der Waals surface area contributed by atoms with Crippen LogP contribution in [0, 0.1) is 12.7 Å². The summed E-state index contributed by atoms with van der Waals surface area (Å²) in [5.41, 5.74) is 2.54. The molecule has 100 valence electrons. The van der Waals surface area contributed by atoms with Crippen molar-refractivity contribution in [3.05, 3.63) is 42.0 Å². The molecule has 1 unspecified atom stereocenters. The fraction of sp³-hybridized carbons (Fsp3) is 0.400. The van der Waals surface area contributed by atoms with Gasteiger partial charge >= 0.3 is 0 Å². The summed E-state index contributed by atoms with van der Waals surface area (Å²) in [4.78, 5) is 0. The van der Waals surface area contributed by atoms with Gasteiger partial charge < -0.3 is 5.32 Å². The lowest BCUT2D eigenvalue weighted by Crippen LogP contribution is -2.27. The molecule has 1 aliphatic heterocycles. The van der Waals surface area contributed by atoms with Gasteiger partial charge in [0.15, 0.2) is 0 Å². The van der Waals surface area contributed by atoms with Crippen molar-refractivity contribution < 1.29 is 4.39 Å². The standard InChI is InChI=1S/C15H18FN3/c1-11-14(13-6-2-3-7-15(13)16)9-18-19(11)10-12-5-4-8-17-12/h2-3,6-7,9,12,17H,4-5,8,10H2,1H3. The van der Waals surface area contributed by atoms with Crippen molar-refractivity contribution in [2.75, 3.05) is 6.54 Å². The first-order valence-corrected chi connectivity index (χ1v) is 6.76. The molecule has 1 aliphatic rings. The zero-order chi connectivity index (χ0) is 13.2. The third kappa shape index (κ3) is 2.40. The largest absolute Gasteiger partial charge is 0.312 e. The highest BCUT2D eigenvalue weighted by Crippen LogP contribution is 2.25. The van der Waals surface area contributed by atoms with Crippen molar-refractivity contribution in [1.29, 1.82) is 0 Å². The smallest absolute Gasteiger partial charge is 0.131 e. The van der Waals surface area contributed by atoms with E-state index < -0.39 is 0 Å². The zero-order valence-corrected chi connectivity index (χ0v) is 11.1. The third-order valence-corrected chi connectivity index (χ3v) is 3.82. The quantitative estimate of drug-likeness (QED) is 0.918. The van der Waals surface area contributed by atoms with Gasteiger partial charge in [0.2, 0.25) is 0 Å². The molecule has 19 heavy (non-hydrogen) atoms. The number of halogens is 1. The van der Waals surface area contributed by atoms with E-state index in [0.29, 0.717) is 11.6 Å². The lowest BCUT2D eigenvalue weighted by Gasteiger charge is -2.12. The summed E-state index contributed by atoms with van der Waals surface area (Å²) in [6.45, 7) is 3.95. The molecular formula is C15H18FN3. The molecule has 1 saturated heterocycles. The average molecular weight is 259 g/mol. The van der Waals surface area contributed by atoms with Gasteiger partial charge in [-0.15, -0.1) is 0 Å². The lowest BCUT2D eigenvalue weighted by molar-refractivity contribution is 0.469. The van der Waals surface area contributed by atoms with Crippen LogP contribution in [-0.2, 0) is 6.54 Å². The zero-order valence-electron chi connectivity index (χ0n) is 11.1. The van der Waals surface area contributed by atoms with Gasteiger partial charge in [0.25, 0.3) is 0 Å². The molecule has 0 aliphatic carbocycles. The summed E-state index contributed by atoms with van der Waals surface area (Å²) in [7, 11) is 0. The second-order valence-electron chi connectivity index (χ2n) is 5.10. The molecule has 0 saturated carbocycles. The van der Waals surface area contributed by atoms with E-state index in [0.717, 1.165) is 24.3 Å². The van der Waals surface area contributed by atoms with E-state index in [-0.39, 0.29) is 5.82 Å². The summed E-state index contributed by atoms with van der Waals surface area (Å²) >= 11 is 0. The van der Waals surface area contributed by atoms with E-state index in [1.807, 2.05) is 17.7 Å². The minimum absolute atomic E-state index is 0.191. The number of benzene rings is 1. The van der Waals surface area contributed by atoms with Gasteiger partial charge in [0.1, 0.15) is 5.82 Å². The Kier molecular flexibility index (Phi) is 3.34. The highest BCUT2D eigenvalue weighted by atomic mass is 19.1. The molecule has 4 heteroatoms. The van der Waals surface area contributed by atoms with Gasteiger partial charge in [-0.3, -0.25) is 4.68 Å². The topological polar surface area (TPSA) is 29.9 Å². The number of hydrogen-bond donors (Lipinski definition) is 1.